The van der Waals surface area contributed by atoms with Gasteiger partial charge in [-0.3, -0.25) is 4.79 Å². The van der Waals surface area contributed by atoms with Gasteiger partial charge in [-0.25, -0.2) is 4.98 Å². The third kappa shape index (κ3) is 2.59. The Hall–Kier alpha value is -1.92. The Balaban J connectivity index is 1.63. The molecule has 4 heterocycles. The average molecular weight is 344 g/mol. The molecule has 1 amide bonds. The Labute approximate surface area is 145 Å². The molecule has 0 spiro atoms. The summed E-state index contributed by atoms with van der Waals surface area (Å²) in [4.78, 5) is 20.6. The van der Waals surface area contributed by atoms with Gasteiger partial charge in [-0.2, -0.15) is 0 Å². The number of hydrogen-bond donors (Lipinski definition) is 0. The number of nitrogens with zero attached hydrogens (tertiary/aromatic N) is 2. The lowest BCUT2D eigenvalue weighted by molar-refractivity contribution is -0.127. The zero-order chi connectivity index (χ0) is 16.7. The summed E-state index contributed by atoms with van der Waals surface area (Å²) in [7, 11) is 0. The highest BCUT2D eigenvalue weighted by Crippen LogP contribution is 2.38. The summed E-state index contributed by atoms with van der Waals surface area (Å²) in [6, 6.07) is 4.05. The molecule has 0 N–H and O–H groups in total. The first kappa shape index (κ1) is 15.6. The fraction of sp³-hybridized carbons (Fsp3) is 0.444. The van der Waals surface area contributed by atoms with E-state index in [1.165, 1.54) is 10.4 Å². The Morgan fingerprint density at radius 1 is 1.46 bits per heavy atom. The molecular formula is C18H20N2O3S. The molecule has 4 rings (SSSR count). The SMILES string of the molecule is Cc1cnc2c(c1)N(C(=O)C(C)C1OCCc3sccc31)CCO2. The van der Waals surface area contributed by atoms with Crippen molar-refractivity contribution in [3.63, 3.8) is 0 Å². The van der Waals surface area contributed by atoms with E-state index >= 15 is 0 Å². The normalized spacial score (nSPS) is 20.8. The van der Waals surface area contributed by atoms with E-state index in [4.69, 9.17) is 9.47 Å². The summed E-state index contributed by atoms with van der Waals surface area (Å²) in [5.41, 5.74) is 2.95. The molecule has 2 aliphatic heterocycles. The van der Waals surface area contributed by atoms with E-state index in [0.29, 0.717) is 25.6 Å². The van der Waals surface area contributed by atoms with Gasteiger partial charge in [0, 0.05) is 17.5 Å². The van der Waals surface area contributed by atoms with Crippen molar-refractivity contribution in [3.05, 3.63) is 39.7 Å². The number of anilines is 1. The monoisotopic (exact) mass is 344 g/mol. The maximum Gasteiger partial charge on any atom is 0.238 e. The van der Waals surface area contributed by atoms with Crippen LogP contribution in [0.2, 0.25) is 0 Å². The molecule has 2 aromatic heterocycles. The van der Waals surface area contributed by atoms with Crippen LogP contribution in [0.5, 0.6) is 5.88 Å². The minimum absolute atomic E-state index is 0.0657. The van der Waals surface area contributed by atoms with Crippen molar-refractivity contribution in [1.82, 2.24) is 4.98 Å². The summed E-state index contributed by atoms with van der Waals surface area (Å²) in [5, 5.41) is 2.08. The second kappa shape index (κ2) is 6.18. The van der Waals surface area contributed by atoms with Crippen molar-refractivity contribution in [2.75, 3.05) is 24.7 Å². The van der Waals surface area contributed by atoms with Crippen LogP contribution in [-0.2, 0) is 16.0 Å². The predicted molar refractivity (Wildman–Crippen MR) is 92.7 cm³/mol. The molecule has 0 saturated carbocycles. The number of ether oxygens (including phenoxy) is 2. The number of carbonyl (C=O) groups is 1. The van der Waals surface area contributed by atoms with Crippen LogP contribution >= 0.6 is 11.3 Å². The van der Waals surface area contributed by atoms with Crippen LogP contribution < -0.4 is 9.64 Å². The fourth-order valence-corrected chi connectivity index (χ4v) is 4.29. The van der Waals surface area contributed by atoms with Crippen molar-refractivity contribution in [3.8, 4) is 5.88 Å². The third-order valence-corrected chi connectivity index (χ3v) is 5.63. The topological polar surface area (TPSA) is 51.7 Å². The van der Waals surface area contributed by atoms with Gasteiger partial charge in [0.2, 0.25) is 11.8 Å². The number of carbonyl (C=O) groups excluding carboxylic acids is 1. The van der Waals surface area contributed by atoms with Gasteiger partial charge in [0.25, 0.3) is 0 Å². The zero-order valence-electron chi connectivity index (χ0n) is 13.8. The summed E-state index contributed by atoms with van der Waals surface area (Å²) in [6.07, 6.45) is 2.53. The van der Waals surface area contributed by atoms with Crippen molar-refractivity contribution < 1.29 is 14.3 Å². The lowest BCUT2D eigenvalue weighted by atomic mass is 9.93. The first-order valence-corrected chi connectivity index (χ1v) is 9.12. The molecule has 6 heteroatoms. The van der Waals surface area contributed by atoms with Crippen LogP contribution in [0.15, 0.2) is 23.7 Å². The van der Waals surface area contributed by atoms with E-state index in [1.807, 2.05) is 19.9 Å². The van der Waals surface area contributed by atoms with Crippen LogP contribution in [0.1, 0.15) is 29.0 Å². The van der Waals surface area contributed by atoms with Crippen molar-refractivity contribution in [2.24, 2.45) is 5.92 Å². The van der Waals surface area contributed by atoms with E-state index in [0.717, 1.165) is 17.7 Å². The predicted octanol–water partition coefficient (Wildman–Crippen LogP) is 3.13. The van der Waals surface area contributed by atoms with E-state index < -0.39 is 0 Å². The molecule has 0 aromatic carbocycles. The van der Waals surface area contributed by atoms with E-state index in [-0.39, 0.29) is 17.9 Å². The largest absolute Gasteiger partial charge is 0.474 e. The van der Waals surface area contributed by atoms with Gasteiger partial charge >= 0.3 is 0 Å². The molecule has 0 aliphatic carbocycles. The van der Waals surface area contributed by atoms with Crippen LogP contribution in [0.3, 0.4) is 0 Å². The highest BCUT2D eigenvalue weighted by molar-refractivity contribution is 7.10. The minimum atomic E-state index is -0.245. The Kier molecular flexibility index (Phi) is 4.02. The lowest BCUT2D eigenvalue weighted by Gasteiger charge is -2.34. The molecule has 0 radical (unpaired) electrons. The van der Waals surface area contributed by atoms with Gasteiger partial charge in [0.15, 0.2) is 0 Å². The number of aromatic nitrogens is 1. The molecule has 126 valence electrons. The number of fused-ring (bicyclic) bond motifs is 2. The molecule has 2 unspecified atom stereocenters. The quantitative estimate of drug-likeness (QED) is 0.840. The summed E-state index contributed by atoms with van der Waals surface area (Å²) in [5.74, 6) is 0.356. The second-order valence-electron chi connectivity index (χ2n) is 6.30. The molecular weight excluding hydrogens is 324 g/mol. The molecule has 5 nitrogen and oxygen atoms in total. The molecule has 0 saturated heterocycles. The van der Waals surface area contributed by atoms with E-state index in [2.05, 4.69) is 16.4 Å². The smallest absolute Gasteiger partial charge is 0.238 e. The first-order chi connectivity index (χ1) is 11.6. The number of rotatable bonds is 2. The Morgan fingerprint density at radius 3 is 3.21 bits per heavy atom. The number of hydrogen-bond acceptors (Lipinski definition) is 5. The standard InChI is InChI=1S/C18H20N2O3S/c1-11-9-14-17(19-10-11)23-7-5-20(14)18(21)12(2)16-13-4-8-24-15(13)3-6-22-16/h4,8-10,12,16H,3,5-7H2,1-2H3. The molecule has 2 atom stereocenters. The summed E-state index contributed by atoms with van der Waals surface area (Å²) < 4.78 is 11.6. The van der Waals surface area contributed by atoms with Gasteiger partial charge in [-0.05, 0) is 35.6 Å². The van der Waals surface area contributed by atoms with Crippen LogP contribution in [0.25, 0.3) is 0 Å². The van der Waals surface area contributed by atoms with Crippen LogP contribution in [-0.4, -0.2) is 30.6 Å². The van der Waals surface area contributed by atoms with Gasteiger partial charge in [0.05, 0.1) is 25.2 Å². The lowest BCUT2D eigenvalue weighted by Crippen LogP contribution is -2.43. The van der Waals surface area contributed by atoms with Gasteiger partial charge < -0.3 is 14.4 Å². The number of pyridine rings is 1. The maximum absolute atomic E-state index is 13.2. The minimum Gasteiger partial charge on any atom is -0.474 e. The second-order valence-corrected chi connectivity index (χ2v) is 7.31. The number of thiophene rings is 1. The Morgan fingerprint density at radius 2 is 2.33 bits per heavy atom. The highest BCUT2D eigenvalue weighted by atomic mass is 32.1. The molecule has 0 fully saturated rings. The first-order valence-electron chi connectivity index (χ1n) is 8.24. The fourth-order valence-electron chi connectivity index (χ4n) is 3.39. The summed E-state index contributed by atoms with van der Waals surface area (Å²) >= 11 is 1.75. The highest BCUT2D eigenvalue weighted by Gasteiger charge is 2.36. The summed E-state index contributed by atoms with van der Waals surface area (Å²) in [6.45, 7) is 5.62. The average Bonchev–Trinajstić information content (AvgIpc) is 3.08. The van der Waals surface area contributed by atoms with Crippen molar-refractivity contribution >= 4 is 22.9 Å². The van der Waals surface area contributed by atoms with E-state index in [1.54, 1.807) is 22.4 Å². The Bertz CT molecular complexity index is 773. The number of aryl methyl sites for hydroxylation is 1. The maximum atomic E-state index is 13.2. The van der Waals surface area contributed by atoms with Gasteiger partial charge in [0.1, 0.15) is 12.3 Å². The van der Waals surface area contributed by atoms with Crippen molar-refractivity contribution in [1.29, 1.82) is 0 Å². The van der Waals surface area contributed by atoms with E-state index in [9.17, 15) is 4.79 Å². The number of amides is 1. The molecule has 2 aliphatic rings. The van der Waals surface area contributed by atoms with Crippen LogP contribution in [0, 0.1) is 12.8 Å². The molecule has 0 bridgehead atoms. The van der Waals surface area contributed by atoms with Crippen LogP contribution in [0.4, 0.5) is 5.69 Å². The third-order valence-electron chi connectivity index (χ3n) is 4.64. The zero-order valence-corrected chi connectivity index (χ0v) is 14.6. The van der Waals surface area contributed by atoms with Gasteiger partial charge in [-0.15, -0.1) is 11.3 Å². The van der Waals surface area contributed by atoms with Crippen molar-refractivity contribution in [2.45, 2.75) is 26.4 Å². The van der Waals surface area contributed by atoms with Gasteiger partial charge in [-0.1, -0.05) is 6.92 Å². The molecule has 2 aromatic rings. The molecule has 24 heavy (non-hydrogen) atoms.